The molecule has 0 bridgehead atoms. The number of benzene rings is 9. The molecular weight excluding hydrogens is 784 g/mol. The molecule has 3 heterocycles. The summed E-state index contributed by atoms with van der Waals surface area (Å²) in [5, 5.41) is 2.59. The Hall–Kier alpha value is -7.36. The first kappa shape index (κ1) is 39.3. The maximum atomic E-state index is 2.71. The third-order valence-corrected chi connectivity index (χ3v) is 14.8. The number of fused-ring (bicyclic) bond motifs is 7. The van der Waals surface area contributed by atoms with Gasteiger partial charge in [-0.15, -0.1) is 0 Å². The summed E-state index contributed by atoms with van der Waals surface area (Å²) in [5.41, 5.74) is 32.1. The molecule has 0 amide bonds. The van der Waals surface area contributed by atoms with Crippen LogP contribution >= 0.6 is 0 Å². The molecule has 0 N–H and O–H groups in total. The first-order valence-electron chi connectivity index (χ1n) is 23.1. The number of aromatic nitrogens is 1. The number of anilines is 3. The van der Waals surface area contributed by atoms with Gasteiger partial charge in [-0.3, -0.25) is 0 Å². The van der Waals surface area contributed by atoms with Crippen LogP contribution in [0, 0.1) is 55.4 Å². The number of nitrogens with zero attached hydrogens (tertiary/aromatic N) is 2. The van der Waals surface area contributed by atoms with Crippen LogP contribution in [0.15, 0.2) is 164 Å². The van der Waals surface area contributed by atoms with Gasteiger partial charge in [-0.25, -0.2) is 0 Å². The molecule has 9 aromatic carbocycles. The SMILES string of the molecule is Cc1cccc(C)c1-c1ccc(N2c3ccc(-c4c(C)cccc4C)cc3B3c4c(cccc42)-c2cc(-c4c(C)cccc4C)cc4c5cc(-c6c(C)cccc6C)ccc5n3c24)cc1. The van der Waals surface area contributed by atoms with Gasteiger partial charge in [-0.1, -0.05) is 115 Å². The average Bonchev–Trinajstić information content (AvgIpc) is 3.61. The predicted octanol–water partition coefficient (Wildman–Crippen LogP) is 15.3. The Labute approximate surface area is 383 Å². The standard InChI is InChI=1S/C62H51BN2/c1-36-14-9-15-37(2)57(36)44-24-28-48(29-25-44)64-55-31-27-46(59-40(5)18-11-19-41(59)6)35-53(55)63-61-49(22-13-23-56(61)64)51-33-47(60-42(7)20-12-21-43(60)8)34-52-50-32-45(26-30-54(50)65(63)62(51)52)58-38(3)16-10-17-39(58)4/h9-35H,1-8H3. The summed E-state index contributed by atoms with van der Waals surface area (Å²) < 4.78 is 2.71. The Bertz CT molecular complexity index is 3560. The topological polar surface area (TPSA) is 8.17 Å². The molecule has 3 heteroatoms. The number of hydrogen-bond acceptors (Lipinski definition) is 1. The zero-order valence-electron chi connectivity index (χ0n) is 38.6. The van der Waals surface area contributed by atoms with Gasteiger partial charge in [-0.2, -0.15) is 0 Å². The fraction of sp³-hybridized carbons (Fsp3) is 0.129. The molecule has 0 saturated carbocycles. The molecule has 65 heavy (non-hydrogen) atoms. The smallest absolute Gasteiger partial charge is 0.333 e. The summed E-state index contributed by atoms with van der Waals surface area (Å²) in [6.45, 7) is 17.9. The molecule has 10 aromatic rings. The molecule has 312 valence electrons. The minimum atomic E-state index is -0.0600. The molecule has 12 rings (SSSR count). The zero-order valence-corrected chi connectivity index (χ0v) is 38.6. The molecule has 0 fully saturated rings. The molecule has 2 aliphatic heterocycles. The third kappa shape index (κ3) is 5.81. The van der Waals surface area contributed by atoms with E-state index in [4.69, 9.17) is 0 Å². The van der Waals surface area contributed by atoms with Gasteiger partial charge in [0.1, 0.15) is 0 Å². The monoisotopic (exact) mass is 834 g/mol. The molecule has 0 spiro atoms. The second kappa shape index (κ2) is 14.6. The molecular formula is C62H51BN2. The van der Waals surface area contributed by atoms with E-state index in [0.717, 1.165) is 5.69 Å². The van der Waals surface area contributed by atoms with E-state index in [2.05, 4.69) is 229 Å². The van der Waals surface area contributed by atoms with Crippen molar-refractivity contribution in [3.05, 3.63) is 208 Å². The fourth-order valence-corrected chi connectivity index (χ4v) is 12.0. The largest absolute Gasteiger partial charge is 0.375 e. The molecule has 0 aliphatic carbocycles. The van der Waals surface area contributed by atoms with E-state index in [1.807, 2.05) is 0 Å². The van der Waals surface area contributed by atoms with E-state index in [1.165, 1.54) is 144 Å². The first-order valence-corrected chi connectivity index (χ1v) is 23.1. The number of hydrogen-bond donors (Lipinski definition) is 0. The van der Waals surface area contributed by atoms with E-state index < -0.39 is 0 Å². The van der Waals surface area contributed by atoms with Crippen LogP contribution in [0.5, 0.6) is 0 Å². The van der Waals surface area contributed by atoms with Crippen LogP contribution in [-0.4, -0.2) is 11.3 Å². The maximum absolute atomic E-state index is 2.71. The lowest BCUT2D eigenvalue weighted by Gasteiger charge is -2.40. The zero-order chi connectivity index (χ0) is 44.4. The van der Waals surface area contributed by atoms with Crippen molar-refractivity contribution >= 4 is 56.6 Å². The highest BCUT2D eigenvalue weighted by atomic mass is 15.2. The minimum absolute atomic E-state index is 0.0600. The summed E-state index contributed by atoms with van der Waals surface area (Å²) in [5.74, 6) is 0. The fourth-order valence-electron chi connectivity index (χ4n) is 12.0. The highest BCUT2D eigenvalue weighted by Crippen LogP contribution is 2.48. The summed E-state index contributed by atoms with van der Waals surface area (Å²) in [6.07, 6.45) is 0. The Balaban J connectivity index is 1.18. The second-order valence-corrected chi connectivity index (χ2v) is 18.9. The van der Waals surface area contributed by atoms with Crippen molar-refractivity contribution in [3.63, 3.8) is 0 Å². The van der Waals surface area contributed by atoms with Crippen molar-refractivity contribution in [1.29, 1.82) is 0 Å². The molecule has 2 aliphatic rings. The van der Waals surface area contributed by atoms with E-state index in [-0.39, 0.29) is 6.85 Å². The van der Waals surface area contributed by atoms with Crippen LogP contribution < -0.4 is 15.8 Å². The van der Waals surface area contributed by atoms with Crippen LogP contribution in [-0.2, 0) is 0 Å². The Morgan fingerprint density at radius 2 is 0.815 bits per heavy atom. The van der Waals surface area contributed by atoms with Crippen molar-refractivity contribution in [2.75, 3.05) is 4.90 Å². The molecule has 0 saturated heterocycles. The number of aryl methyl sites for hydroxylation is 8. The predicted molar refractivity (Wildman–Crippen MR) is 280 cm³/mol. The van der Waals surface area contributed by atoms with Gasteiger partial charge in [0, 0.05) is 44.4 Å². The molecule has 0 unspecified atom stereocenters. The maximum Gasteiger partial charge on any atom is 0.333 e. The van der Waals surface area contributed by atoms with E-state index >= 15 is 0 Å². The summed E-state index contributed by atoms with van der Waals surface area (Å²) >= 11 is 0. The lowest BCUT2D eigenvalue weighted by atomic mass is 9.45. The van der Waals surface area contributed by atoms with Gasteiger partial charge in [0.15, 0.2) is 0 Å². The molecule has 0 atom stereocenters. The van der Waals surface area contributed by atoms with Crippen LogP contribution in [0.2, 0.25) is 0 Å². The van der Waals surface area contributed by atoms with E-state index in [0.29, 0.717) is 0 Å². The van der Waals surface area contributed by atoms with Crippen LogP contribution in [0.25, 0.3) is 77.4 Å². The lowest BCUT2D eigenvalue weighted by Crippen LogP contribution is -2.56. The first-order chi connectivity index (χ1) is 31.6. The summed E-state index contributed by atoms with van der Waals surface area (Å²) in [7, 11) is 0. The third-order valence-electron chi connectivity index (χ3n) is 14.8. The Kier molecular flexibility index (Phi) is 8.81. The van der Waals surface area contributed by atoms with Gasteiger partial charge in [-0.05, 0) is 209 Å². The quantitative estimate of drug-likeness (QED) is 0.157. The minimum Gasteiger partial charge on any atom is -0.375 e. The van der Waals surface area contributed by atoms with Crippen molar-refractivity contribution < 1.29 is 0 Å². The van der Waals surface area contributed by atoms with Crippen molar-refractivity contribution in [1.82, 2.24) is 4.48 Å². The summed E-state index contributed by atoms with van der Waals surface area (Å²) in [4.78, 5) is 2.54. The average molecular weight is 835 g/mol. The van der Waals surface area contributed by atoms with Gasteiger partial charge in [0.2, 0.25) is 0 Å². The van der Waals surface area contributed by atoms with Crippen LogP contribution in [0.3, 0.4) is 0 Å². The molecule has 0 radical (unpaired) electrons. The van der Waals surface area contributed by atoms with Gasteiger partial charge < -0.3 is 9.38 Å². The summed E-state index contributed by atoms with van der Waals surface area (Å²) in [6, 6.07) is 62.5. The number of rotatable bonds is 5. The Morgan fingerprint density at radius 3 is 1.38 bits per heavy atom. The molecule has 1 aromatic heterocycles. The van der Waals surface area contributed by atoms with Gasteiger partial charge >= 0.3 is 6.85 Å². The lowest BCUT2D eigenvalue weighted by molar-refractivity contribution is 1.25. The molecule has 2 nitrogen and oxygen atoms in total. The Morgan fingerprint density at radius 1 is 0.354 bits per heavy atom. The highest BCUT2D eigenvalue weighted by Gasteiger charge is 2.43. The van der Waals surface area contributed by atoms with Gasteiger partial charge in [0.05, 0.1) is 0 Å². The van der Waals surface area contributed by atoms with Crippen molar-refractivity contribution in [2.24, 2.45) is 0 Å². The van der Waals surface area contributed by atoms with E-state index in [1.54, 1.807) is 0 Å². The van der Waals surface area contributed by atoms with Crippen molar-refractivity contribution in [3.8, 4) is 55.6 Å². The normalized spacial score (nSPS) is 12.6. The van der Waals surface area contributed by atoms with Crippen LogP contribution in [0.1, 0.15) is 44.5 Å². The van der Waals surface area contributed by atoms with Crippen molar-refractivity contribution in [2.45, 2.75) is 55.4 Å². The highest BCUT2D eigenvalue weighted by molar-refractivity contribution is 6.90. The second-order valence-electron chi connectivity index (χ2n) is 18.9. The van der Waals surface area contributed by atoms with Crippen LogP contribution in [0.4, 0.5) is 17.1 Å². The van der Waals surface area contributed by atoms with Gasteiger partial charge in [0.25, 0.3) is 0 Å². The van der Waals surface area contributed by atoms with E-state index in [9.17, 15) is 0 Å².